The van der Waals surface area contributed by atoms with E-state index in [1.807, 2.05) is 0 Å². The van der Waals surface area contributed by atoms with Gasteiger partial charge in [-0.15, -0.1) is 0 Å². The Morgan fingerprint density at radius 2 is 2.25 bits per heavy atom. The zero-order chi connectivity index (χ0) is 11.5. The lowest BCUT2D eigenvalue weighted by Gasteiger charge is -1.98. The normalized spacial score (nSPS) is 10.1. The predicted octanol–water partition coefficient (Wildman–Crippen LogP) is 1.44. The molecule has 2 aromatic heterocycles. The van der Waals surface area contributed by atoms with Crippen LogP contribution in [0.2, 0.25) is 0 Å². The average molecular weight is 220 g/mol. The molecule has 6 heteroatoms. The van der Waals surface area contributed by atoms with Crippen LogP contribution in [0.4, 0.5) is 0 Å². The summed E-state index contributed by atoms with van der Waals surface area (Å²) in [7, 11) is 1.54. The maximum atomic E-state index is 10.6. The molecule has 0 aliphatic rings. The van der Waals surface area contributed by atoms with Crippen LogP contribution in [0.15, 0.2) is 28.9 Å². The minimum Gasteiger partial charge on any atom is -0.495 e. The van der Waals surface area contributed by atoms with Crippen LogP contribution in [-0.4, -0.2) is 28.3 Å². The van der Waals surface area contributed by atoms with E-state index in [-0.39, 0.29) is 5.76 Å². The number of aromatic carboxylic acids is 1. The van der Waals surface area contributed by atoms with E-state index in [9.17, 15) is 4.79 Å². The van der Waals surface area contributed by atoms with E-state index in [0.29, 0.717) is 17.1 Å². The van der Waals surface area contributed by atoms with Gasteiger partial charge in [0, 0.05) is 6.07 Å². The minimum atomic E-state index is -1.16. The number of carboxylic acids is 1. The predicted molar refractivity (Wildman–Crippen MR) is 53.2 cm³/mol. The third kappa shape index (κ3) is 1.85. The van der Waals surface area contributed by atoms with Crippen LogP contribution in [0.25, 0.3) is 11.4 Å². The highest BCUT2D eigenvalue weighted by atomic mass is 16.5. The van der Waals surface area contributed by atoms with Crippen LogP contribution < -0.4 is 4.74 Å². The molecule has 2 heterocycles. The molecule has 2 rings (SSSR count). The Bertz CT molecular complexity index is 504. The third-order valence-corrected chi connectivity index (χ3v) is 1.96. The van der Waals surface area contributed by atoms with Gasteiger partial charge in [-0.1, -0.05) is 5.16 Å². The summed E-state index contributed by atoms with van der Waals surface area (Å²) < 4.78 is 9.56. The first-order valence-corrected chi connectivity index (χ1v) is 4.41. The number of pyridine rings is 1. The molecule has 0 spiro atoms. The second kappa shape index (κ2) is 4.01. The van der Waals surface area contributed by atoms with Crippen molar-refractivity contribution in [3.8, 4) is 17.1 Å². The number of ether oxygens (including phenoxy) is 1. The monoisotopic (exact) mass is 220 g/mol. The molecule has 82 valence electrons. The summed E-state index contributed by atoms with van der Waals surface area (Å²) in [4.78, 5) is 14.6. The number of nitrogens with zero attached hydrogens (tertiary/aromatic N) is 2. The molecule has 0 aromatic carbocycles. The van der Waals surface area contributed by atoms with Crippen molar-refractivity contribution >= 4 is 5.97 Å². The smallest absolute Gasteiger partial charge is 0.374 e. The molecule has 0 aliphatic carbocycles. The Kier molecular flexibility index (Phi) is 2.55. The molecule has 1 N–H and O–H groups in total. The van der Waals surface area contributed by atoms with E-state index in [1.54, 1.807) is 12.1 Å². The molecular formula is C10H8N2O4. The van der Waals surface area contributed by atoms with Crippen molar-refractivity contribution in [2.75, 3.05) is 7.11 Å². The third-order valence-electron chi connectivity index (χ3n) is 1.96. The van der Waals surface area contributed by atoms with Crippen LogP contribution in [0.1, 0.15) is 10.6 Å². The van der Waals surface area contributed by atoms with E-state index in [0.717, 1.165) is 0 Å². The molecule has 0 aliphatic heterocycles. The van der Waals surface area contributed by atoms with E-state index in [1.165, 1.54) is 19.4 Å². The molecule has 0 fully saturated rings. The summed E-state index contributed by atoms with van der Waals surface area (Å²) in [5.41, 5.74) is 0.900. The standard InChI is InChI=1S/C10H8N2O4/c1-15-6-2-3-7(11-5-6)8-4-9(10(13)14)16-12-8/h2-5H,1H3,(H,13,14). The van der Waals surface area contributed by atoms with Crippen LogP contribution in [-0.2, 0) is 0 Å². The van der Waals surface area contributed by atoms with E-state index >= 15 is 0 Å². The van der Waals surface area contributed by atoms with Crippen molar-refractivity contribution in [3.05, 3.63) is 30.2 Å². The highest BCUT2D eigenvalue weighted by Gasteiger charge is 2.12. The van der Waals surface area contributed by atoms with Gasteiger partial charge in [-0.2, -0.15) is 0 Å². The summed E-state index contributed by atoms with van der Waals surface area (Å²) >= 11 is 0. The lowest BCUT2D eigenvalue weighted by atomic mass is 10.2. The first kappa shape index (κ1) is 10.2. The molecule has 6 nitrogen and oxygen atoms in total. The Morgan fingerprint density at radius 1 is 1.44 bits per heavy atom. The number of hydrogen-bond acceptors (Lipinski definition) is 5. The summed E-state index contributed by atoms with van der Waals surface area (Å²) in [6.45, 7) is 0. The van der Waals surface area contributed by atoms with Crippen LogP contribution >= 0.6 is 0 Å². The number of rotatable bonds is 3. The van der Waals surface area contributed by atoms with Gasteiger partial charge in [0.15, 0.2) is 0 Å². The highest BCUT2D eigenvalue weighted by Crippen LogP contribution is 2.19. The van der Waals surface area contributed by atoms with Crippen LogP contribution in [0, 0.1) is 0 Å². The van der Waals surface area contributed by atoms with Gasteiger partial charge < -0.3 is 14.4 Å². The Balaban J connectivity index is 2.31. The lowest BCUT2D eigenvalue weighted by molar-refractivity contribution is 0.0652. The lowest BCUT2D eigenvalue weighted by Crippen LogP contribution is -1.91. The van der Waals surface area contributed by atoms with Crippen LogP contribution in [0.5, 0.6) is 5.75 Å². The summed E-state index contributed by atoms with van der Waals surface area (Å²) in [6, 6.07) is 4.69. The molecule has 0 saturated heterocycles. The SMILES string of the molecule is COc1ccc(-c2cc(C(=O)O)on2)nc1. The quantitative estimate of drug-likeness (QED) is 0.842. The number of hydrogen-bond donors (Lipinski definition) is 1. The zero-order valence-electron chi connectivity index (χ0n) is 8.38. The van der Waals surface area contributed by atoms with E-state index < -0.39 is 5.97 Å². The molecule has 0 unspecified atom stereocenters. The second-order valence-electron chi connectivity index (χ2n) is 2.96. The van der Waals surface area contributed by atoms with Gasteiger partial charge in [-0.05, 0) is 12.1 Å². The maximum Gasteiger partial charge on any atom is 0.374 e. The van der Waals surface area contributed by atoms with Crippen molar-refractivity contribution in [1.29, 1.82) is 0 Å². The van der Waals surface area contributed by atoms with Gasteiger partial charge >= 0.3 is 5.97 Å². The molecule has 0 bridgehead atoms. The van der Waals surface area contributed by atoms with Crippen molar-refractivity contribution in [2.24, 2.45) is 0 Å². The fraction of sp³-hybridized carbons (Fsp3) is 0.100. The van der Waals surface area contributed by atoms with Crippen molar-refractivity contribution in [3.63, 3.8) is 0 Å². The van der Waals surface area contributed by atoms with Gasteiger partial charge in [-0.25, -0.2) is 4.79 Å². The molecule has 0 amide bonds. The Hall–Kier alpha value is -2.37. The number of aromatic nitrogens is 2. The second-order valence-corrected chi connectivity index (χ2v) is 2.96. The number of methoxy groups -OCH3 is 1. The Labute approximate surface area is 90.5 Å². The van der Waals surface area contributed by atoms with Gasteiger partial charge in [0.05, 0.1) is 19.0 Å². The minimum absolute atomic E-state index is 0.215. The molecule has 16 heavy (non-hydrogen) atoms. The fourth-order valence-corrected chi connectivity index (χ4v) is 1.15. The molecular weight excluding hydrogens is 212 g/mol. The summed E-state index contributed by atoms with van der Waals surface area (Å²) in [5, 5.41) is 12.3. The molecule has 0 atom stereocenters. The number of carbonyl (C=O) groups is 1. The number of carboxylic acid groups (broad SMARTS) is 1. The van der Waals surface area contributed by atoms with Crippen molar-refractivity contribution < 1.29 is 19.2 Å². The first-order chi connectivity index (χ1) is 7.70. The van der Waals surface area contributed by atoms with Gasteiger partial charge in [0.2, 0.25) is 5.76 Å². The average Bonchev–Trinajstić information content (AvgIpc) is 2.78. The fourth-order valence-electron chi connectivity index (χ4n) is 1.15. The maximum absolute atomic E-state index is 10.6. The first-order valence-electron chi connectivity index (χ1n) is 4.41. The van der Waals surface area contributed by atoms with Crippen LogP contribution in [0.3, 0.4) is 0 Å². The van der Waals surface area contributed by atoms with Gasteiger partial charge in [0.25, 0.3) is 0 Å². The molecule has 0 saturated carbocycles. The largest absolute Gasteiger partial charge is 0.495 e. The highest BCUT2D eigenvalue weighted by molar-refractivity contribution is 5.85. The van der Waals surface area contributed by atoms with E-state index in [2.05, 4.69) is 14.7 Å². The van der Waals surface area contributed by atoms with Gasteiger partial charge in [0.1, 0.15) is 11.4 Å². The molecule has 2 aromatic rings. The molecule has 0 radical (unpaired) electrons. The van der Waals surface area contributed by atoms with E-state index in [4.69, 9.17) is 9.84 Å². The summed E-state index contributed by atoms with van der Waals surface area (Å²) in [6.07, 6.45) is 1.52. The van der Waals surface area contributed by atoms with Crippen molar-refractivity contribution in [1.82, 2.24) is 10.1 Å². The topological polar surface area (TPSA) is 85.5 Å². The zero-order valence-corrected chi connectivity index (χ0v) is 8.38. The summed E-state index contributed by atoms with van der Waals surface area (Å²) in [5.74, 6) is -0.759. The Morgan fingerprint density at radius 3 is 2.75 bits per heavy atom. The van der Waals surface area contributed by atoms with Gasteiger partial charge in [-0.3, -0.25) is 4.98 Å². The van der Waals surface area contributed by atoms with Crippen molar-refractivity contribution in [2.45, 2.75) is 0 Å².